The van der Waals surface area contributed by atoms with E-state index >= 15 is 0 Å². The van der Waals surface area contributed by atoms with E-state index < -0.39 is 0 Å². The molecule has 162 valence electrons. The predicted octanol–water partition coefficient (Wildman–Crippen LogP) is 3.42. The normalized spacial score (nSPS) is 10.5. The summed E-state index contributed by atoms with van der Waals surface area (Å²) in [5.41, 5.74) is 7.34. The first kappa shape index (κ1) is 22.2. The lowest BCUT2D eigenvalue weighted by atomic mass is 10.1. The van der Waals surface area contributed by atoms with Crippen LogP contribution in [0.25, 0.3) is 11.4 Å². The van der Waals surface area contributed by atoms with Crippen molar-refractivity contribution in [1.82, 2.24) is 25.6 Å². The van der Waals surface area contributed by atoms with Crippen molar-refractivity contribution in [1.29, 1.82) is 0 Å². The molecule has 0 spiro atoms. The van der Waals surface area contributed by atoms with Crippen molar-refractivity contribution in [2.24, 2.45) is 0 Å². The van der Waals surface area contributed by atoms with Crippen molar-refractivity contribution in [3.63, 3.8) is 0 Å². The van der Waals surface area contributed by atoms with Gasteiger partial charge in [-0.15, -0.1) is 0 Å². The molecule has 3 rings (SSSR count). The standard InChI is InChI=1S/C22H25N5O3S/c1-3-15-5-7-17(8-6-15)21(29)25-23-19(28)13-14-27-20(24-26-22(27)31)16-9-11-18(12-10-16)30-4-2/h5-12H,3-4,13-14H2,1-2H3,(H,23,28)(H,25,29)(H,26,31). The number of hydrogen-bond acceptors (Lipinski definition) is 5. The van der Waals surface area contributed by atoms with Crippen LogP contribution in [0.4, 0.5) is 0 Å². The van der Waals surface area contributed by atoms with Crippen LogP contribution in [0.5, 0.6) is 5.75 Å². The number of amides is 2. The maximum absolute atomic E-state index is 12.2. The van der Waals surface area contributed by atoms with Gasteiger partial charge in [-0.25, -0.2) is 0 Å². The number of benzene rings is 2. The third kappa shape index (κ3) is 5.79. The number of carbonyl (C=O) groups excluding carboxylic acids is 2. The van der Waals surface area contributed by atoms with Crippen LogP contribution >= 0.6 is 12.2 Å². The lowest BCUT2D eigenvalue weighted by Crippen LogP contribution is -2.41. The fraction of sp³-hybridized carbons (Fsp3) is 0.273. The molecule has 31 heavy (non-hydrogen) atoms. The third-order valence-corrected chi connectivity index (χ3v) is 5.00. The number of nitrogens with zero attached hydrogens (tertiary/aromatic N) is 2. The Morgan fingerprint density at radius 1 is 1.06 bits per heavy atom. The summed E-state index contributed by atoms with van der Waals surface area (Å²) in [5.74, 6) is 0.692. The molecule has 0 aliphatic carbocycles. The molecule has 0 aliphatic rings. The van der Waals surface area contributed by atoms with Crippen LogP contribution in [0.3, 0.4) is 0 Å². The second-order valence-corrected chi connectivity index (χ2v) is 7.15. The second kappa shape index (κ2) is 10.5. The number of H-pyrrole nitrogens is 1. The molecule has 0 unspecified atom stereocenters. The zero-order valence-electron chi connectivity index (χ0n) is 17.5. The SMILES string of the molecule is CCOc1ccc(-c2n[nH]c(=S)n2CCC(=O)NNC(=O)c2ccc(CC)cc2)cc1. The van der Waals surface area contributed by atoms with Crippen LogP contribution in [0.1, 0.15) is 36.2 Å². The molecule has 2 amide bonds. The molecule has 0 fully saturated rings. The number of aromatic amines is 1. The molecule has 3 aromatic rings. The summed E-state index contributed by atoms with van der Waals surface area (Å²) in [6.45, 7) is 4.87. The average Bonchev–Trinajstić information content (AvgIpc) is 3.17. The highest BCUT2D eigenvalue weighted by Gasteiger charge is 2.12. The van der Waals surface area contributed by atoms with E-state index in [1.807, 2.05) is 50.2 Å². The van der Waals surface area contributed by atoms with Gasteiger partial charge in [0.15, 0.2) is 10.6 Å². The Hall–Kier alpha value is -3.46. The molecule has 0 saturated heterocycles. The highest BCUT2D eigenvalue weighted by molar-refractivity contribution is 7.71. The predicted molar refractivity (Wildman–Crippen MR) is 120 cm³/mol. The maximum atomic E-state index is 12.2. The van der Waals surface area contributed by atoms with Gasteiger partial charge in [0.2, 0.25) is 5.91 Å². The van der Waals surface area contributed by atoms with Gasteiger partial charge in [0.1, 0.15) is 5.75 Å². The zero-order valence-corrected chi connectivity index (χ0v) is 18.3. The molecular formula is C22H25N5O3S. The van der Waals surface area contributed by atoms with Crippen LogP contribution < -0.4 is 15.6 Å². The first-order valence-corrected chi connectivity index (χ1v) is 10.5. The number of nitrogens with one attached hydrogen (secondary N) is 3. The van der Waals surface area contributed by atoms with Gasteiger partial charge >= 0.3 is 0 Å². The summed E-state index contributed by atoms with van der Waals surface area (Å²) in [6, 6.07) is 14.7. The monoisotopic (exact) mass is 439 g/mol. The Bertz CT molecular complexity index is 1090. The summed E-state index contributed by atoms with van der Waals surface area (Å²) in [7, 11) is 0. The van der Waals surface area contributed by atoms with Gasteiger partial charge in [0.05, 0.1) is 6.61 Å². The topological polar surface area (TPSA) is 101 Å². The molecule has 1 aromatic heterocycles. The van der Waals surface area contributed by atoms with Crippen LogP contribution in [-0.4, -0.2) is 33.2 Å². The molecule has 0 bridgehead atoms. The molecule has 1 heterocycles. The van der Waals surface area contributed by atoms with Crippen molar-refractivity contribution in [2.75, 3.05) is 6.61 Å². The van der Waals surface area contributed by atoms with Gasteiger partial charge in [-0.2, -0.15) is 5.10 Å². The van der Waals surface area contributed by atoms with Crippen molar-refractivity contribution < 1.29 is 14.3 Å². The van der Waals surface area contributed by atoms with Crippen molar-refractivity contribution in [3.8, 4) is 17.1 Å². The Labute approximate surface area is 185 Å². The van der Waals surface area contributed by atoms with Crippen LogP contribution in [0.15, 0.2) is 48.5 Å². The van der Waals surface area contributed by atoms with Gasteiger partial charge in [-0.05, 0) is 67.5 Å². The Kier molecular flexibility index (Phi) is 7.55. The Balaban J connectivity index is 1.57. The second-order valence-electron chi connectivity index (χ2n) is 6.76. The quantitative estimate of drug-likeness (QED) is 0.369. The van der Waals surface area contributed by atoms with E-state index in [-0.39, 0.29) is 18.2 Å². The van der Waals surface area contributed by atoms with Crippen molar-refractivity contribution in [2.45, 2.75) is 33.2 Å². The minimum Gasteiger partial charge on any atom is -0.494 e. The Morgan fingerprint density at radius 3 is 2.42 bits per heavy atom. The van der Waals surface area contributed by atoms with E-state index in [0.717, 1.165) is 23.3 Å². The van der Waals surface area contributed by atoms with E-state index in [2.05, 4.69) is 21.0 Å². The highest BCUT2D eigenvalue weighted by atomic mass is 32.1. The largest absolute Gasteiger partial charge is 0.494 e. The van der Waals surface area contributed by atoms with Crippen LogP contribution in [-0.2, 0) is 17.8 Å². The number of ether oxygens (including phenoxy) is 1. The number of aromatic nitrogens is 3. The summed E-state index contributed by atoms with van der Waals surface area (Å²) < 4.78 is 7.62. The van der Waals surface area contributed by atoms with Gasteiger partial charge in [0, 0.05) is 24.1 Å². The van der Waals surface area contributed by atoms with Crippen LogP contribution in [0.2, 0.25) is 0 Å². The fourth-order valence-electron chi connectivity index (χ4n) is 2.98. The van der Waals surface area contributed by atoms with Gasteiger partial charge in [-0.1, -0.05) is 19.1 Å². The van der Waals surface area contributed by atoms with E-state index in [1.165, 1.54) is 0 Å². The van der Waals surface area contributed by atoms with E-state index in [1.54, 1.807) is 16.7 Å². The molecule has 0 radical (unpaired) electrons. The molecule has 2 aromatic carbocycles. The average molecular weight is 440 g/mol. The first-order chi connectivity index (χ1) is 15.0. The molecule has 0 saturated carbocycles. The van der Waals surface area contributed by atoms with Gasteiger partial charge < -0.3 is 4.74 Å². The minimum atomic E-state index is -0.369. The zero-order chi connectivity index (χ0) is 22.2. The minimum absolute atomic E-state index is 0.118. The number of aryl methyl sites for hydroxylation is 1. The number of hydrazine groups is 1. The van der Waals surface area contributed by atoms with Crippen molar-refractivity contribution in [3.05, 3.63) is 64.4 Å². The third-order valence-electron chi connectivity index (χ3n) is 4.68. The molecule has 0 aliphatic heterocycles. The molecule has 9 heteroatoms. The first-order valence-electron chi connectivity index (χ1n) is 10.1. The van der Waals surface area contributed by atoms with Gasteiger partial charge in [-0.3, -0.25) is 30.1 Å². The molecule has 8 nitrogen and oxygen atoms in total. The van der Waals surface area contributed by atoms with Crippen LogP contribution in [0, 0.1) is 4.77 Å². The summed E-state index contributed by atoms with van der Waals surface area (Å²) in [6.07, 6.45) is 1.01. The lowest BCUT2D eigenvalue weighted by Gasteiger charge is -2.10. The molecular weight excluding hydrogens is 414 g/mol. The van der Waals surface area contributed by atoms with E-state index in [0.29, 0.717) is 29.3 Å². The summed E-state index contributed by atoms with van der Waals surface area (Å²) in [4.78, 5) is 24.4. The number of carbonyl (C=O) groups is 2. The smallest absolute Gasteiger partial charge is 0.269 e. The Morgan fingerprint density at radius 2 is 1.77 bits per heavy atom. The van der Waals surface area contributed by atoms with Crippen molar-refractivity contribution >= 4 is 24.0 Å². The van der Waals surface area contributed by atoms with Gasteiger partial charge in [0.25, 0.3) is 5.91 Å². The van der Waals surface area contributed by atoms with E-state index in [9.17, 15) is 9.59 Å². The molecule has 0 atom stereocenters. The fourth-order valence-corrected chi connectivity index (χ4v) is 3.20. The maximum Gasteiger partial charge on any atom is 0.269 e. The number of hydrogen-bond donors (Lipinski definition) is 3. The highest BCUT2D eigenvalue weighted by Crippen LogP contribution is 2.21. The van der Waals surface area contributed by atoms with E-state index in [4.69, 9.17) is 17.0 Å². The summed E-state index contributed by atoms with van der Waals surface area (Å²) >= 11 is 5.30. The number of rotatable bonds is 8. The summed E-state index contributed by atoms with van der Waals surface area (Å²) in [5, 5.41) is 7.03. The molecule has 3 N–H and O–H groups in total. The lowest BCUT2D eigenvalue weighted by molar-refractivity contribution is -0.122.